The number of amides is 1. The van der Waals surface area contributed by atoms with Gasteiger partial charge < -0.3 is 24.8 Å². The van der Waals surface area contributed by atoms with Crippen molar-refractivity contribution in [3.05, 3.63) is 12.0 Å². The van der Waals surface area contributed by atoms with Crippen molar-refractivity contribution in [3.8, 4) is 0 Å². The third-order valence-corrected chi connectivity index (χ3v) is 4.09. The maximum atomic E-state index is 11.8. The van der Waals surface area contributed by atoms with Gasteiger partial charge in [0.15, 0.2) is 12.0 Å². The highest BCUT2D eigenvalue weighted by Gasteiger charge is 2.33. The van der Waals surface area contributed by atoms with Crippen LogP contribution in [-0.2, 0) is 9.26 Å². The Morgan fingerprint density at radius 2 is 2.43 bits per heavy atom. The number of rotatable bonds is 4. The number of ether oxygens (including phenoxy) is 1. The topological polar surface area (TPSA) is 124 Å². The summed E-state index contributed by atoms with van der Waals surface area (Å²) in [5.74, 6) is 0.241. The molecule has 0 aliphatic carbocycles. The number of aromatic nitrogens is 2. The van der Waals surface area contributed by atoms with Gasteiger partial charge in [-0.1, -0.05) is 12.2 Å². The second-order valence-electron chi connectivity index (χ2n) is 4.78. The molecule has 1 saturated heterocycles. The van der Waals surface area contributed by atoms with Gasteiger partial charge in [0.25, 0.3) is 5.91 Å². The summed E-state index contributed by atoms with van der Waals surface area (Å²) in [5, 5.41) is 5.50. The molecule has 0 saturated carbocycles. The molecule has 3 heterocycles. The molecule has 116 valence electrons. The molecule has 0 radical (unpaired) electrons. The predicted octanol–water partition coefficient (Wildman–Crippen LogP) is 0.124. The molecular weight excluding hydrogens is 317 g/mol. The van der Waals surface area contributed by atoms with Gasteiger partial charge in [0.1, 0.15) is 12.0 Å². The summed E-state index contributed by atoms with van der Waals surface area (Å²) in [6.07, 6.45) is 2.08. The van der Waals surface area contributed by atoms with E-state index in [1.807, 2.05) is 0 Å². The fourth-order valence-corrected chi connectivity index (χ4v) is 2.94. The summed E-state index contributed by atoms with van der Waals surface area (Å²) in [6.45, 7) is 0.284. The van der Waals surface area contributed by atoms with Crippen LogP contribution in [-0.4, -0.2) is 39.4 Å². The van der Waals surface area contributed by atoms with Crippen molar-refractivity contribution in [2.45, 2.75) is 31.5 Å². The molecule has 1 fully saturated rings. The lowest BCUT2D eigenvalue weighted by molar-refractivity contribution is -0.0159. The first kappa shape index (κ1) is 15.0. The maximum absolute atomic E-state index is 11.8. The Labute approximate surface area is 127 Å². The van der Waals surface area contributed by atoms with Gasteiger partial charge in [-0.05, 0) is 12.8 Å². The van der Waals surface area contributed by atoms with Gasteiger partial charge in [0, 0.05) is 0 Å². The van der Waals surface area contributed by atoms with E-state index >= 15 is 0 Å². The van der Waals surface area contributed by atoms with Gasteiger partial charge in [0.2, 0.25) is 7.58 Å². The highest BCUT2D eigenvalue weighted by molar-refractivity contribution is 8.41. The Hall–Kier alpha value is -0.900. The monoisotopic (exact) mass is 333 g/mol. The molecule has 0 bridgehead atoms. The van der Waals surface area contributed by atoms with Crippen molar-refractivity contribution < 1.29 is 18.9 Å². The van der Waals surface area contributed by atoms with E-state index in [1.54, 1.807) is 10.9 Å². The Balaban J connectivity index is 1.70. The molecule has 21 heavy (non-hydrogen) atoms. The van der Waals surface area contributed by atoms with Crippen LogP contribution in [0.25, 0.3) is 0 Å². The fraction of sp³-hybridized carbons (Fsp3) is 0.600. The van der Waals surface area contributed by atoms with Crippen molar-refractivity contribution in [3.63, 3.8) is 0 Å². The van der Waals surface area contributed by atoms with E-state index in [-0.39, 0.29) is 24.8 Å². The lowest BCUT2D eigenvalue weighted by atomic mass is 10.2. The van der Waals surface area contributed by atoms with E-state index in [1.165, 1.54) is 0 Å². The number of imidazole rings is 1. The Kier molecular flexibility index (Phi) is 4.34. The second kappa shape index (κ2) is 6.07. The van der Waals surface area contributed by atoms with Crippen molar-refractivity contribution in [2.75, 3.05) is 11.9 Å². The third kappa shape index (κ3) is 3.15. The fourth-order valence-electron chi connectivity index (χ4n) is 2.45. The highest BCUT2D eigenvalue weighted by atomic mass is 32.7. The van der Waals surface area contributed by atoms with Gasteiger partial charge in [-0.25, -0.2) is 4.98 Å². The Morgan fingerprint density at radius 1 is 1.62 bits per heavy atom. The summed E-state index contributed by atoms with van der Waals surface area (Å²) >= 11 is 3.80. The Bertz CT molecular complexity index is 542. The van der Waals surface area contributed by atoms with E-state index in [0.717, 1.165) is 12.8 Å². The van der Waals surface area contributed by atoms with Crippen LogP contribution in [0.15, 0.2) is 6.33 Å². The second-order valence-corrected chi connectivity index (χ2v) is 6.57. The number of hydrogen-bond acceptors (Lipinski definition) is 8. The van der Waals surface area contributed by atoms with Gasteiger partial charge in [0.05, 0.1) is 19.0 Å². The SMILES string of the molecule is NC1NC(=O)c2ncn([C@H]3CC[C@@H](COP(O)S)O3)c2N1. The van der Waals surface area contributed by atoms with Crippen molar-refractivity contribution in [1.82, 2.24) is 14.9 Å². The first-order chi connectivity index (χ1) is 10.0. The summed E-state index contributed by atoms with van der Waals surface area (Å²) < 4.78 is 12.7. The van der Waals surface area contributed by atoms with Gasteiger partial charge in [-0.15, -0.1) is 0 Å². The van der Waals surface area contributed by atoms with Crippen LogP contribution in [0.1, 0.15) is 29.6 Å². The summed E-state index contributed by atoms with van der Waals surface area (Å²) in [4.78, 5) is 24.9. The predicted molar refractivity (Wildman–Crippen MR) is 78.5 cm³/mol. The number of carbonyl (C=O) groups is 1. The molecule has 5 N–H and O–H groups in total. The average Bonchev–Trinajstić information content (AvgIpc) is 3.02. The minimum absolute atomic E-state index is 0.122. The first-order valence-corrected chi connectivity index (χ1v) is 8.77. The average molecular weight is 333 g/mol. The number of anilines is 1. The summed E-state index contributed by atoms with van der Waals surface area (Å²) in [5.41, 5.74) is 6.00. The van der Waals surface area contributed by atoms with Gasteiger partial charge >= 0.3 is 0 Å². The molecule has 1 aromatic heterocycles. The number of nitrogens with zero attached hydrogens (tertiary/aromatic N) is 2. The lowest BCUT2D eigenvalue weighted by Crippen LogP contribution is -2.51. The number of carbonyl (C=O) groups excluding carboxylic acids is 1. The number of nitrogens with two attached hydrogens (primary N) is 1. The zero-order valence-electron chi connectivity index (χ0n) is 11.0. The van der Waals surface area contributed by atoms with Crippen LogP contribution in [0.5, 0.6) is 0 Å². The number of fused-ring (bicyclic) bond motifs is 1. The zero-order chi connectivity index (χ0) is 15.0. The van der Waals surface area contributed by atoms with Crippen LogP contribution in [0, 0.1) is 0 Å². The molecular formula is C10H16N5O4PS. The van der Waals surface area contributed by atoms with E-state index in [2.05, 4.69) is 27.9 Å². The van der Waals surface area contributed by atoms with E-state index < -0.39 is 13.9 Å². The van der Waals surface area contributed by atoms with E-state index in [0.29, 0.717) is 11.5 Å². The van der Waals surface area contributed by atoms with Crippen LogP contribution in [0.3, 0.4) is 0 Å². The molecule has 3 rings (SSSR count). The van der Waals surface area contributed by atoms with Crippen molar-refractivity contribution in [1.29, 1.82) is 0 Å². The number of nitrogens with one attached hydrogen (secondary N) is 2. The molecule has 0 spiro atoms. The molecule has 11 heteroatoms. The highest BCUT2D eigenvalue weighted by Crippen LogP contribution is 2.39. The molecule has 2 aliphatic rings. The van der Waals surface area contributed by atoms with Gasteiger partial charge in [-0.2, -0.15) is 0 Å². The van der Waals surface area contributed by atoms with Crippen LogP contribution >= 0.6 is 19.8 Å². The third-order valence-electron chi connectivity index (χ3n) is 3.36. The van der Waals surface area contributed by atoms with E-state index in [4.69, 9.17) is 19.9 Å². The summed E-state index contributed by atoms with van der Waals surface area (Å²) in [6, 6.07) is 0. The molecule has 1 aromatic rings. The molecule has 1 amide bonds. The molecule has 9 nitrogen and oxygen atoms in total. The van der Waals surface area contributed by atoms with Gasteiger partial charge in [-0.3, -0.25) is 15.1 Å². The summed E-state index contributed by atoms with van der Waals surface area (Å²) in [7, 11) is -1.68. The standard InChI is InChI=1S/C10H16N5O4PS/c11-10-13-8-7(9(16)14-10)12-4-15(8)6-2-1-5(19-6)3-18-20(17)21/h4-6,10,13,17,21H,1-3,11H2,(H,14,16)/t5-,6+,10?,20?/m0/s1. The van der Waals surface area contributed by atoms with Crippen LogP contribution in [0.2, 0.25) is 0 Å². The minimum Gasteiger partial charge on any atom is -0.352 e. The van der Waals surface area contributed by atoms with Crippen LogP contribution in [0.4, 0.5) is 5.82 Å². The molecule has 4 atom stereocenters. The number of hydrogen-bond donors (Lipinski definition) is 5. The lowest BCUT2D eigenvalue weighted by Gasteiger charge is -2.25. The first-order valence-electron chi connectivity index (χ1n) is 6.40. The minimum atomic E-state index is -1.68. The normalized spacial score (nSPS) is 29.7. The quantitative estimate of drug-likeness (QED) is 0.392. The molecule has 2 unspecified atom stereocenters. The van der Waals surface area contributed by atoms with E-state index in [9.17, 15) is 4.79 Å². The number of thiol groups is 1. The van der Waals surface area contributed by atoms with Crippen molar-refractivity contribution in [2.24, 2.45) is 5.73 Å². The zero-order valence-corrected chi connectivity index (χ0v) is 12.8. The Morgan fingerprint density at radius 3 is 3.19 bits per heavy atom. The molecule has 0 aromatic carbocycles. The maximum Gasteiger partial charge on any atom is 0.276 e. The smallest absolute Gasteiger partial charge is 0.276 e. The largest absolute Gasteiger partial charge is 0.352 e. The van der Waals surface area contributed by atoms with Crippen LogP contribution < -0.4 is 16.4 Å². The van der Waals surface area contributed by atoms with Crippen molar-refractivity contribution >= 4 is 31.6 Å². The molecule has 2 aliphatic heterocycles.